The number of pyridine rings is 1. The third kappa shape index (κ3) is 2.92. The molecule has 0 saturated carbocycles. The van der Waals surface area contributed by atoms with Gasteiger partial charge in [-0.25, -0.2) is 4.98 Å². The monoisotopic (exact) mass is 326 g/mol. The highest BCUT2D eigenvalue weighted by Crippen LogP contribution is 2.27. The second-order valence-corrected chi connectivity index (χ2v) is 6.86. The van der Waals surface area contributed by atoms with Gasteiger partial charge in [-0.15, -0.1) is 11.3 Å². The van der Waals surface area contributed by atoms with Gasteiger partial charge in [-0.3, -0.25) is 9.78 Å². The lowest BCUT2D eigenvalue weighted by Crippen LogP contribution is -2.30. The molecule has 4 heterocycles. The molecule has 3 aromatic heterocycles. The van der Waals surface area contributed by atoms with Crippen LogP contribution in [0.1, 0.15) is 18.4 Å². The summed E-state index contributed by atoms with van der Waals surface area (Å²) in [4.78, 5) is 24.2. The molecule has 6 heteroatoms. The minimum Gasteiger partial charge on any atom is -0.316 e. The van der Waals surface area contributed by atoms with Crippen LogP contribution in [0.4, 0.5) is 0 Å². The SMILES string of the molecule is O=c1[nH]c(-c2ccccn2)nc2c(CC3CCCNC3)csc12. The van der Waals surface area contributed by atoms with Gasteiger partial charge in [0.1, 0.15) is 10.4 Å². The maximum absolute atomic E-state index is 12.4. The van der Waals surface area contributed by atoms with E-state index in [-0.39, 0.29) is 5.56 Å². The van der Waals surface area contributed by atoms with Crippen LogP contribution in [0.2, 0.25) is 0 Å². The van der Waals surface area contributed by atoms with E-state index >= 15 is 0 Å². The Balaban J connectivity index is 1.74. The van der Waals surface area contributed by atoms with E-state index in [1.54, 1.807) is 6.20 Å². The van der Waals surface area contributed by atoms with E-state index in [1.165, 1.54) is 29.7 Å². The Bertz CT molecular complexity index is 865. The van der Waals surface area contributed by atoms with Gasteiger partial charge in [-0.05, 0) is 61.3 Å². The fraction of sp³-hybridized carbons (Fsp3) is 0.353. The number of hydrogen-bond acceptors (Lipinski definition) is 5. The summed E-state index contributed by atoms with van der Waals surface area (Å²) >= 11 is 1.49. The Morgan fingerprint density at radius 3 is 3.09 bits per heavy atom. The Kier molecular flexibility index (Phi) is 3.93. The molecule has 2 N–H and O–H groups in total. The highest BCUT2D eigenvalue weighted by Gasteiger charge is 2.18. The molecule has 118 valence electrons. The van der Waals surface area contributed by atoms with Crippen LogP contribution in [0.15, 0.2) is 34.6 Å². The van der Waals surface area contributed by atoms with Gasteiger partial charge in [0, 0.05) is 6.20 Å². The van der Waals surface area contributed by atoms with Crippen molar-refractivity contribution < 1.29 is 0 Å². The van der Waals surface area contributed by atoms with Crippen LogP contribution < -0.4 is 10.9 Å². The molecule has 4 rings (SSSR count). The molecular formula is C17H18N4OS. The first kappa shape index (κ1) is 14.5. The second kappa shape index (κ2) is 6.22. The molecule has 0 aromatic carbocycles. The number of rotatable bonds is 3. The van der Waals surface area contributed by atoms with Crippen LogP contribution in [0, 0.1) is 5.92 Å². The third-order valence-electron chi connectivity index (χ3n) is 4.32. The van der Waals surface area contributed by atoms with E-state index < -0.39 is 0 Å². The fourth-order valence-electron chi connectivity index (χ4n) is 3.15. The summed E-state index contributed by atoms with van der Waals surface area (Å²) < 4.78 is 0.712. The van der Waals surface area contributed by atoms with Gasteiger partial charge in [0.05, 0.1) is 5.52 Å². The van der Waals surface area contributed by atoms with Gasteiger partial charge in [0.15, 0.2) is 5.82 Å². The third-order valence-corrected chi connectivity index (χ3v) is 5.33. The van der Waals surface area contributed by atoms with Crippen LogP contribution in [-0.4, -0.2) is 28.0 Å². The molecule has 1 unspecified atom stereocenters. The Labute approximate surface area is 137 Å². The van der Waals surface area contributed by atoms with Gasteiger partial charge >= 0.3 is 0 Å². The summed E-state index contributed by atoms with van der Waals surface area (Å²) in [6.45, 7) is 2.16. The zero-order chi connectivity index (χ0) is 15.6. The second-order valence-electron chi connectivity index (χ2n) is 5.98. The van der Waals surface area contributed by atoms with Crippen LogP contribution in [0.5, 0.6) is 0 Å². The van der Waals surface area contributed by atoms with Crippen molar-refractivity contribution in [2.24, 2.45) is 5.92 Å². The largest absolute Gasteiger partial charge is 0.316 e. The predicted octanol–water partition coefficient (Wildman–Crippen LogP) is 2.59. The predicted molar refractivity (Wildman–Crippen MR) is 92.8 cm³/mol. The van der Waals surface area contributed by atoms with Crippen molar-refractivity contribution in [1.82, 2.24) is 20.3 Å². The van der Waals surface area contributed by atoms with Gasteiger partial charge in [0.2, 0.25) is 0 Å². The number of aromatic nitrogens is 3. The molecule has 3 aromatic rings. The lowest BCUT2D eigenvalue weighted by Gasteiger charge is -2.22. The van der Waals surface area contributed by atoms with Crippen molar-refractivity contribution in [2.75, 3.05) is 13.1 Å². The van der Waals surface area contributed by atoms with E-state index in [9.17, 15) is 4.79 Å². The fourth-order valence-corrected chi connectivity index (χ4v) is 4.07. The molecule has 1 saturated heterocycles. The maximum atomic E-state index is 12.4. The lowest BCUT2D eigenvalue weighted by molar-refractivity contribution is 0.377. The molecule has 1 fully saturated rings. The molecule has 5 nitrogen and oxygen atoms in total. The molecule has 0 amide bonds. The topological polar surface area (TPSA) is 70.7 Å². The summed E-state index contributed by atoms with van der Waals surface area (Å²) in [5, 5.41) is 5.54. The van der Waals surface area contributed by atoms with Crippen LogP contribution in [0.3, 0.4) is 0 Å². The Hall–Kier alpha value is -2.05. The molecule has 1 aliphatic heterocycles. The molecule has 0 aliphatic carbocycles. The van der Waals surface area contributed by atoms with E-state index in [0.717, 1.165) is 25.0 Å². The number of thiophene rings is 1. The minimum absolute atomic E-state index is 0.0753. The van der Waals surface area contributed by atoms with E-state index in [1.807, 2.05) is 18.2 Å². The Morgan fingerprint density at radius 2 is 2.30 bits per heavy atom. The summed E-state index contributed by atoms with van der Waals surface area (Å²) in [7, 11) is 0. The first-order valence-corrected chi connectivity index (χ1v) is 8.82. The summed E-state index contributed by atoms with van der Waals surface area (Å²) in [5.41, 5.74) is 2.64. The average Bonchev–Trinajstić information content (AvgIpc) is 3.00. The van der Waals surface area contributed by atoms with Crippen molar-refractivity contribution in [3.05, 3.63) is 45.7 Å². The van der Waals surface area contributed by atoms with E-state index in [2.05, 4.69) is 20.7 Å². The van der Waals surface area contributed by atoms with Gasteiger partial charge in [0.25, 0.3) is 5.56 Å². The number of piperidine rings is 1. The number of nitrogens with one attached hydrogen (secondary N) is 2. The first-order valence-electron chi connectivity index (χ1n) is 7.94. The van der Waals surface area contributed by atoms with Gasteiger partial charge in [-0.2, -0.15) is 0 Å². The highest BCUT2D eigenvalue weighted by molar-refractivity contribution is 7.17. The smallest absolute Gasteiger partial charge is 0.269 e. The van der Waals surface area contributed by atoms with Crippen LogP contribution in [0.25, 0.3) is 21.7 Å². The lowest BCUT2D eigenvalue weighted by atomic mass is 9.93. The number of hydrogen-bond donors (Lipinski definition) is 2. The molecule has 1 aliphatic rings. The number of nitrogens with zero attached hydrogens (tertiary/aromatic N) is 2. The molecule has 23 heavy (non-hydrogen) atoms. The molecule has 0 bridgehead atoms. The Morgan fingerprint density at radius 1 is 1.35 bits per heavy atom. The molecular weight excluding hydrogens is 308 g/mol. The average molecular weight is 326 g/mol. The first-order chi connectivity index (χ1) is 11.3. The van der Waals surface area contributed by atoms with E-state index in [0.29, 0.717) is 22.1 Å². The van der Waals surface area contributed by atoms with Gasteiger partial charge in [-0.1, -0.05) is 6.07 Å². The van der Waals surface area contributed by atoms with Crippen LogP contribution in [-0.2, 0) is 6.42 Å². The summed E-state index contributed by atoms with van der Waals surface area (Å²) in [6.07, 6.45) is 5.15. The van der Waals surface area contributed by atoms with Crippen molar-refractivity contribution >= 4 is 21.6 Å². The van der Waals surface area contributed by atoms with Crippen LogP contribution >= 0.6 is 11.3 Å². The molecule has 0 spiro atoms. The zero-order valence-electron chi connectivity index (χ0n) is 12.7. The standard InChI is InChI=1S/C17H18N4OS/c22-17-15-14(20-16(21-17)13-5-1-2-7-19-13)12(10-23-15)8-11-4-3-6-18-9-11/h1-2,5,7,10-11,18H,3-4,6,8-9H2,(H,20,21,22). The number of H-pyrrole nitrogens is 1. The molecule has 1 atom stereocenters. The van der Waals surface area contributed by atoms with E-state index in [4.69, 9.17) is 4.98 Å². The molecule has 0 radical (unpaired) electrons. The van der Waals surface area contributed by atoms with Gasteiger partial charge < -0.3 is 10.3 Å². The minimum atomic E-state index is -0.0753. The van der Waals surface area contributed by atoms with Crippen molar-refractivity contribution in [3.63, 3.8) is 0 Å². The van der Waals surface area contributed by atoms with Crippen molar-refractivity contribution in [3.8, 4) is 11.5 Å². The van der Waals surface area contributed by atoms with Crippen molar-refractivity contribution in [1.29, 1.82) is 0 Å². The number of aromatic amines is 1. The zero-order valence-corrected chi connectivity index (χ0v) is 13.5. The normalized spacial score (nSPS) is 18.3. The summed E-state index contributed by atoms with van der Waals surface area (Å²) in [5.74, 6) is 1.17. The summed E-state index contributed by atoms with van der Waals surface area (Å²) in [6, 6.07) is 5.61. The number of fused-ring (bicyclic) bond motifs is 1. The maximum Gasteiger partial charge on any atom is 0.269 e. The quantitative estimate of drug-likeness (QED) is 0.776. The van der Waals surface area contributed by atoms with Crippen molar-refractivity contribution in [2.45, 2.75) is 19.3 Å². The highest BCUT2D eigenvalue weighted by atomic mass is 32.1.